The third-order valence-electron chi connectivity index (χ3n) is 5.28. The molecule has 0 atom stereocenters. The number of rotatable bonds is 2. The van der Waals surface area contributed by atoms with E-state index in [0.29, 0.717) is 19.0 Å². The zero-order valence-electron chi connectivity index (χ0n) is 17.5. The average Bonchev–Trinajstić information content (AvgIpc) is 2.71. The van der Waals surface area contributed by atoms with Crippen LogP contribution in [0.4, 0.5) is 10.5 Å². The van der Waals surface area contributed by atoms with Gasteiger partial charge in [-0.25, -0.2) is 4.79 Å². The van der Waals surface area contributed by atoms with Gasteiger partial charge in [-0.3, -0.25) is 0 Å². The Morgan fingerprint density at radius 3 is 2.41 bits per heavy atom. The Kier molecular flexibility index (Phi) is 5.59. The molecule has 0 aromatic heterocycles. The van der Waals surface area contributed by atoms with Gasteiger partial charge in [0.25, 0.3) is 0 Å². The lowest BCUT2D eigenvalue weighted by Crippen LogP contribution is -2.51. The van der Waals surface area contributed by atoms with Crippen LogP contribution in [0.1, 0.15) is 53.9 Å². The highest BCUT2D eigenvalue weighted by Gasteiger charge is 2.41. The Morgan fingerprint density at radius 2 is 1.78 bits per heavy atom. The highest BCUT2D eigenvalue weighted by atomic mass is 16.6. The van der Waals surface area contributed by atoms with Crippen molar-refractivity contribution >= 4 is 11.8 Å². The fourth-order valence-electron chi connectivity index (χ4n) is 3.95. The lowest BCUT2D eigenvalue weighted by Gasteiger charge is -2.41. The highest BCUT2D eigenvalue weighted by Crippen LogP contribution is 2.40. The summed E-state index contributed by atoms with van der Waals surface area (Å²) in [6.07, 6.45) is 2.45. The summed E-state index contributed by atoms with van der Waals surface area (Å²) in [7, 11) is 0. The number of anilines is 1. The van der Waals surface area contributed by atoms with Gasteiger partial charge in [-0.2, -0.15) is 0 Å². The molecule has 1 spiro atoms. The molecule has 1 amide bonds. The molecule has 150 valence electrons. The van der Waals surface area contributed by atoms with Gasteiger partial charge in [0.05, 0.1) is 5.69 Å². The minimum Gasteiger partial charge on any atom is -0.485 e. The molecule has 1 aromatic carbocycles. The Morgan fingerprint density at radius 1 is 1.15 bits per heavy atom. The Hall–Kier alpha value is -1.91. The van der Waals surface area contributed by atoms with E-state index in [2.05, 4.69) is 36.9 Å². The van der Waals surface area contributed by atoms with Crippen LogP contribution < -0.4 is 9.64 Å². The molecule has 2 aliphatic heterocycles. The zero-order valence-corrected chi connectivity index (χ0v) is 17.5. The van der Waals surface area contributed by atoms with Crippen molar-refractivity contribution in [2.45, 2.75) is 65.1 Å². The van der Waals surface area contributed by atoms with Crippen LogP contribution >= 0.6 is 0 Å². The van der Waals surface area contributed by atoms with E-state index in [0.717, 1.165) is 38.1 Å². The largest absolute Gasteiger partial charge is 0.485 e. The minimum absolute atomic E-state index is 0.194. The SMILES string of the molecule is CC(C)CN1CCC2(CCN(C(=O)OC(C)(C)C)CC2)Oc2ccccc21. The first-order valence-electron chi connectivity index (χ1n) is 10.2. The van der Waals surface area contributed by atoms with Crippen molar-refractivity contribution in [3.8, 4) is 5.75 Å². The monoisotopic (exact) mass is 374 g/mol. The van der Waals surface area contributed by atoms with E-state index in [9.17, 15) is 4.79 Å². The van der Waals surface area contributed by atoms with E-state index in [4.69, 9.17) is 9.47 Å². The zero-order chi connectivity index (χ0) is 19.7. The molecule has 0 N–H and O–H groups in total. The van der Waals surface area contributed by atoms with Crippen molar-refractivity contribution in [1.82, 2.24) is 4.90 Å². The lowest BCUT2D eigenvalue weighted by molar-refractivity contribution is -0.0186. The molecular formula is C22H34N2O3. The molecule has 1 saturated heterocycles. The fourth-order valence-corrected chi connectivity index (χ4v) is 3.95. The van der Waals surface area contributed by atoms with Gasteiger partial charge in [0.2, 0.25) is 0 Å². The summed E-state index contributed by atoms with van der Waals surface area (Å²) in [6, 6.07) is 8.36. The van der Waals surface area contributed by atoms with E-state index in [1.165, 1.54) is 5.69 Å². The second kappa shape index (κ2) is 7.61. The molecule has 5 nitrogen and oxygen atoms in total. The Labute approximate surface area is 163 Å². The molecule has 2 aliphatic rings. The molecule has 2 heterocycles. The van der Waals surface area contributed by atoms with Crippen LogP contribution in [-0.4, -0.2) is 48.4 Å². The molecule has 0 radical (unpaired) electrons. The summed E-state index contributed by atoms with van der Waals surface area (Å²) >= 11 is 0. The lowest BCUT2D eigenvalue weighted by atomic mass is 9.88. The van der Waals surface area contributed by atoms with Crippen LogP contribution in [0.2, 0.25) is 0 Å². The number of hydrogen-bond acceptors (Lipinski definition) is 4. The molecule has 0 bridgehead atoms. The van der Waals surface area contributed by atoms with Gasteiger partial charge in [0, 0.05) is 45.4 Å². The molecule has 27 heavy (non-hydrogen) atoms. The summed E-state index contributed by atoms with van der Waals surface area (Å²) in [4.78, 5) is 16.7. The second-order valence-electron chi connectivity index (χ2n) is 9.31. The molecule has 5 heteroatoms. The number of carbonyl (C=O) groups is 1. The van der Waals surface area contributed by atoms with Crippen molar-refractivity contribution in [3.63, 3.8) is 0 Å². The number of amides is 1. The fraction of sp³-hybridized carbons (Fsp3) is 0.682. The van der Waals surface area contributed by atoms with Gasteiger partial charge in [0.15, 0.2) is 0 Å². The maximum atomic E-state index is 12.4. The number of piperidine rings is 1. The van der Waals surface area contributed by atoms with Crippen LogP contribution in [0, 0.1) is 5.92 Å². The van der Waals surface area contributed by atoms with Gasteiger partial charge in [0.1, 0.15) is 17.0 Å². The number of nitrogens with zero attached hydrogens (tertiary/aromatic N) is 2. The van der Waals surface area contributed by atoms with E-state index in [-0.39, 0.29) is 11.7 Å². The predicted octanol–water partition coefficient (Wildman–Crippen LogP) is 4.70. The number of hydrogen-bond donors (Lipinski definition) is 0. The number of ether oxygens (including phenoxy) is 2. The number of para-hydroxylation sites is 2. The van der Waals surface area contributed by atoms with Crippen LogP contribution in [0.25, 0.3) is 0 Å². The number of likely N-dealkylation sites (tertiary alicyclic amines) is 1. The van der Waals surface area contributed by atoms with E-state index >= 15 is 0 Å². The van der Waals surface area contributed by atoms with Crippen molar-refractivity contribution < 1.29 is 14.3 Å². The Balaban J connectivity index is 1.71. The molecule has 1 fully saturated rings. The summed E-state index contributed by atoms with van der Waals surface area (Å²) < 4.78 is 12.1. The van der Waals surface area contributed by atoms with Gasteiger partial charge in [-0.1, -0.05) is 26.0 Å². The van der Waals surface area contributed by atoms with E-state index < -0.39 is 5.60 Å². The summed E-state index contributed by atoms with van der Waals surface area (Å²) in [5.41, 5.74) is 0.541. The minimum atomic E-state index is -0.457. The van der Waals surface area contributed by atoms with Gasteiger partial charge < -0.3 is 19.3 Å². The van der Waals surface area contributed by atoms with Gasteiger partial charge in [-0.05, 0) is 38.8 Å². The van der Waals surface area contributed by atoms with Crippen LogP contribution in [-0.2, 0) is 4.74 Å². The third-order valence-corrected chi connectivity index (χ3v) is 5.28. The van der Waals surface area contributed by atoms with Crippen LogP contribution in [0.3, 0.4) is 0 Å². The quantitative estimate of drug-likeness (QED) is 0.752. The van der Waals surface area contributed by atoms with E-state index in [1.54, 1.807) is 0 Å². The van der Waals surface area contributed by atoms with Crippen molar-refractivity contribution in [3.05, 3.63) is 24.3 Å². The molecule has 1 aromatic rings. The third kappa shape index (κ3) is 4.88. The van der Waals surface area contributed by atoms with Crippen LogP contribution in [0.5, 0.6) is 5.75 Å². The molecule has 3 rings (SSSR count). The summed E-state index contributed by atoms with van der Waals surface area (Å²) in [6.45, 7) is 13.6. The smallest absolute Gasteiger partial charge is 0.410 e. The van der Waals surface area contributed by atoms with Crippen LogP contribution in [0.15, 0.2) is 24.3 Å². The van der Waals surface area contributed by atoms with Gasteiger partial charge >= 0.3 is 6.09 Å². The molecule has 0 saturated carbocycles. The molecular weight excluding hydrogens is 340 g/mol. The highest BCUT2D eigenvalue weighted by molar-refractivity contribution is 5.68. The Bertz CT molecular complexity index is 658. The predicted molar refractivity (Wildman–Crippen MR) is 109 cm³/mol. The van der Waals surface area contributed by atoms with E-state index in [1.807, 2.05) is 31.7 Å². The first kappa shape index (κ1) is 19.8. The van der Waals surface area contributed by atoms with Gasteiger partial charge in [-0.15, -0.1) is 0 Å². The first-order chi connectivity index (χ1) is 12.7. The maximum Gasteiger partial charge on any atom is 0.410 e. The van der Waals surface area contributed by atoms with Crippen molar-refractivity contribution in [2.75, 3.05) is 31.1 Å². The van der Waals surface area contributed by atoms with Crippen molar-refractivity contribution in [2.24, 2.45) is 5.92 Å². The average molecular weight is 375 g/mol. The maximum absolute atomic E-state index is 12.4. The first-order valence-corrected chi connectivity index (χ1v) is 10.2. The second-order valence-corrected chi connectivity index (χ2v) is 9.31. The van der Waals surface area contributed by atoms with Crippen molar-refractivity contribution in [1.29, 1.82) is 0 Å². The summed E-state index contributed by atoms with van der Waals surface area (Å²) in [5, 5.41) is 0. The molecule has 0 unspecified atom stereocenters. The topological polar surface area (TPSA) is 42.0 Å². The standard InChI is InChI=1S/C22H34N2O3/c1-17(2)16-24-15-12-22(26-19-9-7-6-8-18(19)24)10-13-23(14-11-22)20(25)27-21(3,4)5/h6-9,17H,10-16H2,1-5H3. The number of carbonyl (C=O) groups excluding carboxylic acids is 1. The number of fused-ring (bicyclic) bond motifs is 1. The molecule has 0 aliphatic carbocycles. The summed E-state index contributed by atoms with van der Waals surface area (Å²) in [5.74, 6) is 1.57. The normalized spacial score (nSPS) is 19.5. The number of benzene rings is 1.